The molecule has 1 fully saturated rings. The third-order valence-electron chi connectivity index (χ3n) is 5.21. The molecule has 0 N–H and O–H groups in total. The van der Waals surface area contributed by atoms with Crippen molar-refractivity contribution in [3.63, 3.8) is 0 Å². The van der Waals surface area contributed by atoms with E-state index in [2.05, 4.69) is 38.1 Å². The molecule has 1 aliphatic heterocycles. The van der Waals surface area contributed by atoms with Gasteiger partial charge in [0.15, 0.2) is 0 Å². The molecular weight excluding hydrogens is 232 g/mol. The van der Waals surface area contributed by atoms with Gasteiger partial charge in [-0.1, -0.05) is 51.0 Å². The zero-order valence-electron chi connectivity index (χ0n) is 12.3. The molecule has 0 bridgehead atoms. The second-order valence-corrected chi connectivity index (χ2v) is 6.71. The first-order valence-electron chi connectivity index (χ1n) is 7.92. The molecule has 2 aliphatic rings. The van der Waals surface area contributed by atoms with E-state index in [9.17, 15) is 0 Å². The van der Waals surface area contributed by atoms with Crippen molar-refractivity contribution in [1.29, 1.82) is 0 Å². The van der Waals surface area contributed by atoms with Gasteiger partial charge in [0.2, 0.25) is 0 Å². The van der Waals surface area contributed by atoms with Crippen molar-refractivity contribution in [1.82, 2.24) is 0 Å². The summed E-state index contributed by atoms with van der Waals surface area (Å²) < 4.78 is 6.49. The highest BCUT2D eigenvalue weighted by Gasteiger charge is 2.44. The van der Waals surface area contributed by atoms with Crippen molar-refractivity contribution in [2.24, 2.45) is 11.8 Å². The maximum absolute atomic E-state index is 6.49. The first kappa shape index (κ1) is 13.2. The van der Waals surface area contributed by atoms with E-state index in [4.69, 9.17) is 4.74 Å². The minimum atomic E-state index is 0.124. The predicted molar refractivity (Wildman–Crippen MR) is 79.3 cm³/mol. The Labute approximate surface area is 117 Å². The summed E-state index contributed by atoms with van der Waals surface area (Å²) in [5.41, 5.74) is 3.17. The SMILES string of the molecule is CC(C)[C@@H]1CCCCC12Cc1ccccc1CCO2. The minimum absolute atomic E-state index is 0.124. The summed E-state index contributed by atoms with van der Waals surface area (Å²) in [6, 6.07) is 8.95. The van der Waals surface area contributed by atoms with E-state index in [0.29, 0.717) is 0 Å². The first-order valence-corrected chi connectivity index (χ1v) is 7.92. The van der Waals surface area contributed by atoms with E-state index in [1.54, 1.807) is 0 Å². The van der Waals surface area contributed by atoms with Crippen LogP contribution >= 0.6 is 0 Å². The van der Waals surface area contributed by atoms with Crippen LogP contribution in [0.3, 0.4) is 0 Å². The van der Waals surface area contributed by atoms with E-state index in [-0.39, 0.29) is 5.60 Å². The summed E-state index contributed by atoms with van der Waals surface area (Å²) in [7, 11) is 0. The van der Waals surface area contributed by atoms with Crippen molar-refractivity contribution in [3.8, 4) is 0 Å². The highest BCUT2D eigenvalue weighted by molar-refractivity contribution is 5.30. The van der Waals surface area contributed by atoms with E-state index in [0.717, 1.165) is 31.3 Å². The number of hydrogen-bond donors (Lipinski definition) is 0. The highest BCUT2D eigenvalue weighted by Crippen LogP contribution is 2.44. The summed E-state index contributed by atoms with van der Waals surface area (Å²) in [6.45, 7) is 5.65. The third kappa shape index (κ3) is 2.45. The molecule has 1 spiro atoms. The molecule has 0 amide bonds. The van der Waals surface area contributed by atoms with Crippen LogP contribution in [0.4, 0.5) is 0 Å². The Morgan fingerprint density at radius 2 is 1.95 bits per heavy atom. The summed E-state index contributed by atoms with van der Waals surface area (Å²) in [4.78, 5) is 0. The van der Waals surface area contributed by atoms with Gasteiger partial charge in [0.25, 0.3) is 0 Å². The molecule has 3 rings (SSSR count). The molecule has 1 heteroatoms. The van der Waals surface area contributed by atoms with Crippen molar-refractivity contribution >= 4 is 0 Å². The van der Waals surface area contributed by atoms with Crippen LogP contribution in [0.1, 0.15) is 50.7 Å². The lowest BCUT2D eigenvalue weighted by Crippen LogP contribution is -2.47. The number of hydrogen-bond acceptors (Lipinski definition) is 1. The van der Waals surface area contributed by atoms with Crippen LogP contribution in [0.25, 0.3) is 0 Å². The molecule has 0 saturated heterocycles. The predicted octanol–water partition coefficient (Wildman–Crippen LogP) is 4.39. The lowest BCUT2D eigenvalue weighted by molar-refractivity contribution is -0.117. The van der Waals surface area contributed by atoms with Gasteiger partial charge in [0.05, 0.1) is 12.2 Å². The molecular formula is C18H26O. The van der Waals surface area contributed by atoms with Gasteiger partial charge in [-0.2, -0.15) is 0 Å². The number of ether oxygens (including phenoxy) is 1. The van der Waals surface area contributed by atoms with Gasteiger partial charge in [0, 0.05) is 6.42 Å². The Balaban J connectivity index is 1.94. The summed E-state index contributed by atoms with van der Waals surface area (Å²) in [5, 5.41) is 0. The molecule has 19 heavy (non-hydrogen) atoms. The molecule has 1 aromatic carbocycles. The molecule has 1 nitrogen and oxygen atoms in total. The number of fused-ring (bicyclic) bond motifs is 1. The molecule has 2 atom stereocenters. The van der Waals surface area contributed by atoms with Gasteiger partial charge >= 0.3 is 0 Å². The molecule has 0 aromatic heterocycles. The summed E-state index contributed by atoms with van der Waals surface area (Å²) >= 11 is 0. The Bertz CT molecular complexity index is 437. The highest BCUT2D eigenvalue weighted by atomic mass is 16.5. The summed E-state index contributed by atoms with van der Waals surface area (Å²) in [6.07, 6.45) is 7.54. The Morgan fingerprint density at radius 1 is 1.16 bits per heavy atom. The second-order valence-electron chi connectivity index (χ2n) is 6.71. The van der Waals surface area contributed by atoms with Gasteiger partial charge in [0.1, 0.15) is 0 Å². The van der Waals surface area contributed by atoms with Crippen LogP contribution in [-0.4, -0.2) is 12.2 Å². The van der Waals surface area contributed by atoms with Crippen molar-refractivity contribution in [2.45, 2.75) is 58.0 Å². The van der Waals surface area contributed by atoms with Gasteiger partial charge < -0.3 is 4.74 Å². The van der Waals surface area contributed by atoms with Gasteiger partial charge in [-0.15, -0.1) is 0 Å². The zero-order valence-corrected chi connectivity index (χ0v) is 12.3. The molecule has 1 aromatic rings. The molecule has 1 saturated carbocycles. The quantitative estimate of drug-likeness (QED) is 0.726. The van der Waals surface area contributed by atoms with E-state index in [1.165, 1.54) is 36.8 Å². The van der Waals surface area contributed by atoms with E-state index < -0.39 is 0 Å². The lowest BCUT2D eigenvalue weighted by Gasteiger charge is -2.45. The largest absolute Gasteiger partial charge is 0.374 e. The number of benzene rings is 1. The monoisotopic (exact) mass is 258 g/mol. The molecule has 1 aliphatic carbocycles. The van der Waals surface area contributed by atoms with Gasteiger partial charge in [-0.25, -0.2) is 0 Å². The van der Waals surface area contributed by atoms with E-state index in [1.807, 2.05) is 0 Å². The average molecular weight is 258 g/mol. The van der Waals surface area contributed by atoms with Crippen LogP contribution in [-0.2, 0) is 17.6 Å². The summed E-state index contributed by atoms with van der Waals surface area (Å²) in [5.74, 6) is 1.46. The van der Waals surface area contributed by atoms with Gasteiger partial charge in [-0.05, 0) is 42.2 Å². The van der Waals surface area contributed by atoms with Crippen LogP contribution in [0.5, 0.6) is 0 Å². The average Bonchev–Trinajstić information content (AvgIpc) is 2.58. The lowest BCUT2D eigenvalue weighted by atomic mass is 9.67. The molecule has 1 heterocycles. The third-order valence-corrected chi connectivity index (χ3v) is 5.21. The fraction of sp³-hybridized carbons (Fsp3) is 0.667. The molecule has 0 radical (unpaired) electrons. The standard InChI is InChI=1S/C18H26O/c1-14(2)17-9-5-6-11-18(17)13-16-8-4-3-7-15(16)10-12-19-18/h3-4,7-8,14,17H,5-6,9-13H2,1-2H3/t17-,18?/m0/s1. The van der Waals surface area contributed by atoms with Crippen molar-refractivity contribution in [3.05, 3.63) is 35.4 Å². The Morgan fingerprint density at radius 3 is 2.74 bits per heavy atom. The zero-order chi connectivity index (χ0) is 13.3. The van der Waals surface area contributed by atoms with Crippen LogP contribution in [0.2, 0.25) is 0 Å². The van der Waals surface area contributed by atoms with Gasteiger partial charge in [-0.3, -0.25) is 0 Å². The molecule has 104 valence electrons. The fourth-order valence-corrected chi connectivity index (χ4v) is 4.29. The maximum atomic E-state index is 6.49. The minimum Gasteiger partial charge on any atom is -0.374 e. The Hall–Kier alpha value is -0.820. The van der Waals surface area contributed by atoms with Crippen molar-refractivity contribution in [2.75, 3.05) is 6.61 Å². The normalized spacial score (nSPS) is 31.2. The first-order chi connectivity index (χ1) is 9.21. The topological polar surface area (TPSA) is 9.23 Å². The smallest absolute Gasteiger partial charge is 0.0753 e. The second kappa shape index (κ2) is 5.28. The van der Waals surface area contributed by atoms with Crippen molar-refractivity contribution < 1.29 is 4.74 Å². The van der Waals surface area contributed by atoms with Crippen LogP contribution < -0.4 is 0 Å². The maximum Gasteiger partial charge on any atom is 0.0753 e. The number of rotatable bonds is 1. The molecule has 1 unspecified atom stereocenters. The van der Waals surface area contributed by atoms with E-state index >= 15 is 0 Å². The van der Waals surface area contributed by atoms with Crippen LogP contribution in [0, 0.1) is 11.8 Å². The Kier molecular flexibility index (Phi) is 3.66. The fourth-order valence-electron chi connectivity index (χ4n) is 4.29. The van der Waals surface area contributed by atoms with Crippen LogP contribution in [0.15, 0.2) is 24.3 Å².